The number of hydrogen-bond donors (Lipinski definition) is 3. The minimum Gasteiger partial charge on any atom is -0.495 e. The van der Waals surface area contributed by atoms with Crippen LogP contribution in [0.4, 0.5) is 10.5 Å². The molecule has 0 atom stereocenters. The first-order chi connectivity index (χ1) is 8.93. The SMILES string of the molecule is COc1cc(C(=O)OCC(=O)NC(N)=O)ccc1N. The van der Waals surface area contributed by atoms with Gasteiger partial charge in [0.2, 0.25) is 0 Å². The van der Waals surface area contributed by atoms with E-state index in [0.29, 0.717) is 11.4 Å². The number of methoxy groups -OCH3 is 1. The summed E-state index contributed by atoms with van der Waals surface area (Å²) in [6.07, 6.45) is 0. The van der Waals surface area contributed by atoms with E-state index in [-0.39, 0.29) is 5.56 Å². The van der Waals surface area contributed by atoms with Gasteiger partial charge in [0, 0.05) is 0 Å². The first-order valence-electron chi connectivity index (χ1n) is 5.14. The summed E-state index contributed by atoms with van der Waals surface area (Å²) in [5.74, 6) is -1.25. The molecule has 0 aliphatic heterocycles. The van der Waals surface area contributed by atoms with Crippen molar-refractivity contribution in [2.45, 2.75) is 0 Å². The molecular formula is C11H13N3O5. The predicted molar refractivity (Wildman–Crippen MR) is 65.4 cm³/mol. The monoisotopic (exact) mass is 267 g/mol. The zero-order valence-electron chi connectivity index (χ0n) is 10.1. The molecule has 1 rings (SSSR count). The molecule has 0 spiro atoms. The largest absolute Gasteiger partial charge is 0.495 e. The summed E-state index contributed by atoms with van der Waals surface area (Å²) in [6.45, 7) is -0.617. The van der Waals surface area contributed by atoms with Crippen molar-refractivity contribution in [2.24, 2.45) is 5.73 Å². The number of anilines is 1. The minimum absolute atomic E-state index is 0.165. The highest BCUT2D eigenvalue weighted by Crippen LogP contribution is 2.22. The summed E-state index contributed by atoms with van der Waals surface area (Å²) in [5.41, 5.74) is 10.8. The molecule has 0 aromatic heterocycles. The number of nitrogens with one attached hydrogen (secondary N) is 1. The second-order valence-electron chi connectivity index (χ2n) is 3.45. The number of nitrogens with two attached hydrogens (primary N) is 2. The molecule has 0 aliphatic rings. The van der Waals surface area contributed by atoms with Gasteiger partial charge < -0.3 is 20.9 Å². The van der Waals surface area contributed by atoms with Gasteiger partial charge in [0.05, 0.1) is 18.4 Å². The Labute approximate surface area is 108 Å². The number of carbonyl (C=O) groups excluding carboxylic acids is 3. The topological polar surface area (TPSA) is 134 Å². The van der Waals surface area contributed by atoms with Gasteiger partial charge in [0.1, 0.15) is 5.75 Å². The number of amides is 3. The van der Waals surface area contributed by atoms with Gasteiger partial charge in [-0.15, -0.1) is 0 Å². The van der Waals surface area contributed by atoms with Crippen molar-refractivity contribution in [1.29, 1.82) is 0 Å². The fourth-order valence-corrected chi connectivity index (χ4v) is 1.23. The average molecular weight is 267 g/mol. The van der Waals surface area contributed by atoms with Crippen molar-refractivity contribution in [3.63, 3.8) is 0 Å². The van der Waals surface area contributed by atoms with Crippen molar-refractivity contribution in [3.8, 4) is 5.75 Å². The number of benzene rings is 1. The molecule has 1 aromatic carbocycles. The third-order valence-corrected chi connectivity index (χ3v) is 2.07. The number of primary amides is 1. The molecule has 8 nitrogen and oxygen atoms in total. The van der Waals surface area contributed by atoms with Crippen molar-refractivity contribution < 1.29 is 23.9 Å². The molecule has 5 N–H and O–H groups in total. The normalized spacial score (nSPS) is 9.53. The van der Waals surface area contributed by atoms with Gasteiger partial charge in [-0.25, -0.2) is 9.59 Å². The van der Waals surface area contributed by atoms with Crippen molar-refractivity contribution in [3.05, 3.63) is 23.8 Å². The highest BCUT2D eigenvalue weighted by Gasteiger charge is 2.13. The van der Waals surface area contributed by atoms with Gasteiger partial charge >= 0.3 is 12.0 Å². The molecular weight excluding hydrogens is 254 g/mol. The van der Waals surface area contributed by atoms with E-state index < -0.39 is 24.5 Å². The van der Waals surface area contributed by atoms with Crippen LogP contribution in [0.5, 0.6) is 5.75 Å². The van der Waals surface area contributed by atoms with E-state index in [1.54, 1.807) is 5.32 Å². The molecule has 8 heteroatoms. The lowest BCUT2D eigenvalue weighted by atomic mass is 10.2. The Bertz CT molecular complexity index is 515. The smallest absolute Gasteiger partial charge is 0.338 e. The van der Waals surface area contributed by atoms with Crippen LogP contribution in [0, 0.1) is 0 Å². The number of ether oxygens (including phenoxy) is 2. The quantitative estimate of drug-likeness (QED) is 0.503. The van der Waals surface area contributed by atoms with E-state index in [0.717, 1.165) is 0 Å². The second kappa shape index (κ2) is 6.24. The summed E-state index contributed by atoms with van der Waals surface area (Å²) in [7, 11) is 1.40. The van der Waals surface area contributed by atoms with Gasteiger partial charge in [0.15, 0.2) is 6.61 Å². The maximum absolute atomic E-state index is 11.6. The molecule has 0 radical (unpaired) electrons. The summed E-state index contributed by atoms with van der Waals surface area (Å²) in [5, 5.41) is 1.76. The van der Waals surface area contributed by atoms with E-state index >= 15 is 0 Å². The van der Waals surface area contributed by atoms with E-state index in [1.165, 1.54) is 25.3 Å². The average Bonchev–Trinajstić information content (AvgIpc) is 2.35. The highest BCUT2D eigenvalue weighted by molar-refractivity contribution is 5.96. The molecule has 0 bridgehead atoms. The van der Waals surface area contributed by atoms with Crippen LogP contribution in [-0.4, -0.2) is 31.6 Å². The first-order valence-corrected chi connectivity index (χ1v) is 5.14. The lowest BCUT2D eigenvalue weighted by Crippen LogP contribution is -2.37. The number of carbonyl (C=O) groups is 3. The Morgan fingerprint density at radius 2 is 2.00 bits per heavy atom. The number of esters is 1. The zero-order chi connectivity index (χ0) is 14.4. The van der Waals surface area contributed by atoms with Crippen LogP contribution in [0.2, 0.25) is 0 Å². The van der Waals surface area contributed by atoms with Crippen LogP contribution in [0.25, 0.3) is 0 Å². The molecule has 0 aliphatic carbocycles. The van der Waals surface area contributed by atoms with E-state index in [2.05, 4.69) is 4.74 Å². The molecule has 0 fully saturated rings. The van der Waals surface area contributed by atoms with Crippen LogP contribution in [0.3, 0.4) is 0 Å². The molecule has 19 heavy (non-hydrogen) atoms. The highest BCUT2D eigenvalue weighted by atomic mass is 16.5. The third-order valence-electron chi connectivity index (χ3n) is 2.07. The van der Waals surface area contributed by atoms with Gasteiger partial charge in [0.25, 0.3) is 5.91 Å². The number of nitrogen functional groups attached to an aromatic ring is 1. The van der Waals surface area contributed by atoms with Crippen LogP contribution in [0.1, 0.15) is 10.4 Å². The Kier molecular flexibility index (Phi) is 4.69. The summed E-state index contributed by atoms with van der Waals surface area (Å²) in [6, 6.07) is 3.25. The van der Waals surface area contributed by atoms with Gasteiger partial charge in [-0.2, -0.15) is 0 Å². The molecule has 0 saturated carbocycles. The van der Waals surface area contributed by atoms with Gasteiger partial charge in [-0.1, -0.05) is 0 Å². The third kappa shape index (κ3) is 4.19. The summed E-state index contributed by atoms with van der Waals surface area (Å²) < 4.78 is 9.62. The lowest BCUT2D eigenvalue weighted by Gasteiger charge is -2.07. The van der Waals surface area contributed by atoms with Crippen molar-refractivity contribution in [2.75, 3.05) is 19.5 Å². The van der Waals surface area contributed by atoms with Crippen LogP contribution in [-0.2, 0) is 9.53 Å². The number of imide groups is 1. The summed E-state index contributed by atoms with van der Waals surface area (Å²) in [4.78, 5) is 33.0. The van der Waals surface area contributed by atoms with E-state index in [1.807, 2.05) is 0 Å². The number of urea groups is 1. The minimum atomic E-state index is -1.02. The zero-order valence-corrected chi connectivity index (χ0v) is 10.1. The standard InChI is InChI=1S/C11H13N3O5/c1-18-8-4-6(2-3-7(8)12)10(16)19-5-9(15)14-11(13)17/h2-4H,5,12H2,1H3,(H3,13,14,15,17). The van der Waals surface area contributed by atoms with E-state index in [4.69, 9.17) is 16.2 Å². The molecule has 0 saturated heterocycles. The second-order valence-corrected chi connectivity index (χ2v) is 3.45. The number of hydrogen-bond acceptors (Lipinski definition) is 6. The molecule has 0 unspecified atom stereocenters. The first kappa shape index (κ1) is 14.3. The van der Waals surface area contributed by atoms with Crippen LogP contribution in [0.15, 0.2) is 18.2 Å². The predicted octanol–water partition coefficient (Wildman–Crippen LogP) is -0.371. The maximum Gasteiger partial charge on any atom is 0.338 e. The van der Waals surface area contributed by atoms with E-state index in [9.17, 15) is 14.4 Å². The molecule has 0 heterocycles. The van der Waals surface area contributed by atoms with Crippen molar-refractivity contribution >= 4 is 23.6 Å². The Morgan fingerprint density at radius 1 is 1.32 bits per heavy atom. The molecule has 102 valence electrons. The van der Waals surface area contributed by atoms with Crippen LogP contribution >= 0.6 is 0 Å². The molecule has 3 amide bonds. The van der Waals surface area contributed by atoms with Gasteiger partial charge in [-0.3, -0.25) is 10.1 Å². The Balaban J connectivity index is 2.63. The Morgan fingerprint density at radius 3 is 2.58 bits per heavy atom. The maximum atomic E-state index is 11.6. The lowest BCUT2D eigenvalue weighted by molar-refractivity contribution is -0.123. The van der Waals surface area contributed by atoms with Crippen LogP contribution < -0.4 is 21.5 Å². The fraction of sp³-hybridized carbons (Fsp3) is 0.182. The fourth-order valence-electron chi connectivity index (χ4n) is 1.23. The summed E-state index contributed by atoms with van der Waals surface area (Å²) >= 11 is 0. The number of rotatable bonds is 4. The van der Waals surface area contributed by atoms with Gasteiger partial charge in [-0.05, 0) is 18.2 Å². The molecule has 1 aromatic rings. The Hall–Kier alpha value is -2.77. The van der Waals surface area contributed by atoms with Crippen molar-refractivity contribution in [1.82, 2.24) is 5.32 Å².